The van der Waals surface area contributed by atoms with Gasteiger partial charge in [0, 0.05) is 18.3 Å². The molecule has 70 valence electrons. The maximum Gasteiger partial charge on any atom is 0.149 e. The van der Waals surface area contributed by atoms with Crippen LogP contribution in [0.25, 0.3) is 0 Å². The van der Waals surface area contributed by atoms with Crippen molar-refractivity contribution in [2.24, 2.45) is 0 Å². The van der Waals surface area contributed by atoms with Gasteiger partial charge in [-0.2, -0.15) is 0 Å². The van der Waals surface area contributed by atoms with Crippen LogP contribution in [0.2, 0.25) is 0 Å². The third-order valence-corrected chi connectivity index (χ3v) is 2.21. The van der Waals surface area contributed by atoms with Crippen molar-refractivity contribution in [3.05, 3.63) is 18.0 Å². The molecule has 0 saturated carbocycles. The average molecular weight is 178 g/mol. The van der Waals surface area contributed by atoms with Gasteiger partial charge in [0.15, 0.2) is 0 Å². The maximum atomic E-state index is 5.61. The van der Waals surface area contributed by atoms with Gasteiger partial charge in [-0.3, -0.25) is 4.98 Å². The minimum absolute atomic E-state index is 0.461. The Bertz CT molecular complexity index is 310. The molecule has 0 aromatic carbocycles. The molecule has 13 heavy (non-hydrogen) atoms. The van der Waals surface area contributed by atoms with E-state index in [-0.39, 0.29) is 0 Å². The van der Waals surface area contributed by atoms with Crippen LogP contribution in [0, 0.1) is 0 Å². The van der Waals surface area contributed by atoms with Crippen LogP contribution in [0.5, 0.6) is 5.75 Å². The minimum atomic E-state index is 0.461. The summed E-state index contributed by atoms with van der Waals surface area (Å²) in [6.07, 6.45) is 3.71. The van der Waals surface area contributed by atoms with Crippen LogP contribution in [0.4, 0.5) is 5.69 Å². The molecule has 3 nitrogen and oxygen atoms in total. The molecule has 0 aliphatic carbocycles. The summed E-state index contributed by atoms with van der Waals surface area (Å²) < 4.78 is 5.61. The van der Waals surface area contributed by atoms with Crippen LogP contribution in [-0.4, -0.2) is 18.1 Å². The second kappa shape index (κ2) is 3.24. The van der Waals surface area contributed by atoms with Crippen LogP contribution >= 0.6 is 0 Å². The monoisotopic (exact) mass is 178 g/mol. The van der Waals surface area contributed by atoms with E-state index in [9.17, 15) is 0 Å². The van der Waals surface area contributed by atoms with Crippen molar-refractivity contribution >= 4 is 5.69 Å². The number of ether oxygens (including phenoxy) is 1. The SMILES string of the molecule is CC(C)c1cncc2c1OCCN2. The molecule has 0 spiro atoms. The summed E-state index contributed by atoms with van der Waals surface area (Å²) in [5.41, 5.74) is 2.21. The number of aromatic nitrogens is 1. The van der Waals surface area contributed by atoms with Crippen LogP contribution in [-0.2, 0) is 0 Å². The van der Waals surface area contributed by atoms with E-state index in [0.29, 0.717) is 5.92 Å². The van der Waals surface area contributed by atoms with E-state index in [1.165, 1.54) is 5.56 Å². The molecule has 0 amide bonds. The van der Waals surface area contributed by atoms with Crippen molar-refractivity contribution < 1.29 is 4.74 Å². The van der Waals surface area contributed by atoms with E-state index in [1.807, 2.05) is 12.4 Å². The van der Waals surface area contributed by atoms with Crippen molar-refractivity contribution in [1.29, 1.82) is 0 Å². The lowest BCUT2D eigenvalue weighted by atomic mass is 10.0. The molecule has 1 N–H and O–H groups in total. The molecule has 1 aliphatic heterocycles. The molecule has 1 aromatic rings. The zero-order valence-corrected chi connectivity index (χ0v) is 8.00. The number of nitrogens with zero attached hydrogens (tertiary/aromatic N) is 1. The highest BCUT2D eigenvalue weighted by Crippen LogP contribution is 2.34. The largest absolute Gasteiger partial charge is 0.489 e. The average Bonchev–Trinajstić information content (AvgIpc) is 2.17. The van der Waals surface area contributed by atoms with Crippen molar-refractivity contribution in [1.82, 2.24) is 4.98 Å². The van der Waals surface area contributed by atoms with E-state index >= 15 is 0 Å². The number of hydrogen-bond donors (Lipinski definition) is 1. The summed E-state index contributed by atoms with van der Waals surface area (Å²) in [6.45, 7) is 5.91. The maximum absolute atomic E-state index is 5.61. The fraction of sp³-hybridized carbons (Fsp3) is 0.500. The first-order valence-corrected chi connectivity index (χ1v) is 4.63. The molecule has 0 saturated heterocycles. The number of anilines is 1. The van der Waals surface area contributed by atoms with Gasteiger partial charge in [0.1, 0.15) is 12.4 Å². The molecule has 2 heterocycles. The predicted octanol–water partition coefficient (Wildman–Crippen LogP) is 2.01. The summed E-state index contributed by atoms with van der Waals surface area (Å²) in [5.74, 6) is 1.44. The highest BCUT2D eigenvalue weighted by Gasteiger charge is 2.15. The molecular weight excluding hydrogens is 164 g/mol. The number of fused-ring (bicyclic) bond motifs is 1. The number of nitrogens with one attached hydrogen (secondary N) is 1. The van der Waals surface area contributed by atoms with Crippen LogP contribution in [0.15, 0.2) is 12.4 Å². The smallest absolute Gasteiger partial charge is 0.149 e. The van der Waals surface area contributed by atoms with Gasteiger partial charge in [-0.05, 0) is 5.92 Å². The fourth-order valence-electron chi connectivity index (χ4n) is 1.50. The molecule has 1 aromatic heterocycles. The fourth-order valence-corrected chi connectivity index (χ4v) is 1.50. The Labute approximate surface area is 78.1 Å². The Morgan fingerprint density at radius 3 is 3.08 bits per heavy atom. The van der Waals surface area contributed by atoms with Crippen LogP contribution < -0.4 is 10.1 Å². The summed E-state index contributed by atoms with van der Waals surface area (Å²) in [4.78, 5) is 4.18. The molecule has 2 rings (SSSR count). The summed E-state index contributed by atoms with van der Waals surface area (Å²) in [6, 6.07) is 0. The molecule has 0 atom stereocenters. The van der Waals surface area contributed by atoms with Gasteiger partial charge in [-0.25, -0.2) is 0 Å². The molecule has 1 aliphatic rings. The number of rotatable bonds is 1. The van der Waals surface area contributed by atoms with Crippen molar-refractivity contribution in [3.63, 3.8) is 0 Å². The van der Waals surface area contributed by atoms with Gasteiger partial charge < -0.3 is 10.1 Å². The normalized spacial score (nSPS) is 14.7. The van der Waals surface area contributed by atoms with Crippen LogP contribution in [0.1, 0.15) is 25.3 Å². The van der Waals surface area contributed by atoms with Crippen LogP contribution in [0.3, 0.4) is 0 Å². The minimum Gasteiger partial charge on any atom is -0.489 e. The Kier molecular flexibility index (Phi) is 2.08. The summed E-state index contributed by atoms with van der Waals surface area (Å²) in [5, 5.41) is 3.27. The second-order valence-corrected chi connectivity index (χ2v) is 3.54. The lowest BCUT2D eigenvalue weighted by Crippen LogP contribution is -2.19. The van der Waals surface area contributed by atoms with Gasteiger partial charge in [-0.15, -0.1) is 0 Å². The van der Waals surface area contributed by atoms with Gasteiger partial charge in [0.05, 0.1) is 11.9 Å². The highest BCUT2D eigenvalue weighted by molar-refractivity contribution is 5.60. The van der Waals surface area contributed by atoms with Gasteiger partial charge in [0.2, 0.25) is 0 Å². The van der Waals surface area contributed by atoms with Crippen molar-refractivity contribution in [2.45, 2.75) is 19.8 Å². The first-order valence-electron chi connectivity index (χ1n) is 4.63. The summed E-state index contributed by atoms with van der Waals surface area (Å²) in [7, 11) is 0. The molecular formula is C10H14N2O. The highest BCUT2D eigenvalue weighted by atomic mass is 16.5. The van der Waals surface area contributed by atoms with E-state index in [0.717, 1.165) is 24.6 Å². The Morgan fingerprint density at radius 1 is 1.46 bits per heavy atom. The summed E-state index contributed by atoms with van der Waals surface area (Å²) >= 11 is 0. The zero-order chi connectivity index (χ0) is 9.26. The van der Waals surface area contributed by atoms with Gasteiger partial charge in [-0.1, -0.05) is 13.8 Å². The predicted molar refractivity (Wildman–Crippen MR) is 52.3 cm³/mol. The molecule has 0 fully saturated rings. The Hall–Kier alpha value is -1.25. The first-order chi connectivity index (χ1) is 6.29. The first kappa shape index (κ1) is 8.35. The van der Waals surface area contributed by atoms with E-state index < -0.39 is 0 Å². The topological polar surface area (TPSA) is 34.1 Å². The third-order valence-electron chi connectivity index (χ3n) is 2.21. The Balaban J connectivity index is 2.46. The van der Waals surface area contributed by atoms with E-state index in [1.54, 1.807) is 0 Å². The standard InChI is InChI=1S/C10H14N2O/c1-7(2)8-5-11-6-9-10(8)13-4-3-12-9/h5-7,12H,3-4H2,1-2H3. The Morgan fingerprint density at radius 2 is 2.31 bits per heavy atom. The van der Waals surface area contributed by atoms with Gasteiger partial charge >= 0.3 is 0 Å². The van der Waals surface area contributed by atoms with E-state index in [2.05, 4.69) is 24.1 Å². The molecule has 0 bridgehead atoms. The van der Waals surface area contributed by atoms with Gasteiger partial charge in [0.25, 0.3) is 0 Å². The lowest BCUT2D eigenvalue weighted by molar-refractivity contribution is 0.318. The third kappa shape index (κ3) is 1.46. The number of pyridine rings is 1. The number of hydrogen-bond acceptors (Lipinski definition) is 3. The van der Waals surface area contributed by atoms with E-state index in [4.69, 9.17) is 4.74 Å². The second-order valence-electron chi connectivity index (χ2n) is 3.54. The molecule has 0 unspecified atom stereocenters. The van der Waals surface area contributed by atoms with Crippen molar-refractivity contribution in [2.75, 3.05) is 18.5 Å². The quantitative estimate of drug-likeness (QED) is 0.714. The molecule has 3 heteroatoms. The van der Waals surface area contributed by atoms with Crippen molar-refractivity contribution in [3.8, 4) is 5.75 Å². The zero-order valence-electron chi connectivity index (χ0n) is 8.00. The molecule has 0 radical (unpaired) electrons. The lowest BCUT2D eigenvalue weighted by Gasteiger charge is -2.22.